The third-order valence-corrected chi connectivity index (χ3v) is 13.7. The molecule has 7 heteroatoms. The first-order valence-electron chi connectivity index (χ1n) is 8.93. The molecule has 0 atom stereocenters. The summed E-state index contributed by atoms with van der Waals surface area (Å²) >= 11 is 4.02. The zero-order valence-electron chi connectivity index (χ0n) is 17.3. The van der Waals surface area contributed by atoms with Crippen LogP contribution in [0.15, 0.2) is 18.7 Å². The van der Waals surface area contributed by atoms with E-state index < -0.39 is 20.9 Å². The average molecular weight is 589 g/mol. The standard InChI is InChI=1S/C13H29N2.C4H6N2.CH2Cl.ClH.Po/c1-10(2)14(11(3)4)9-15(12(5)6)13(7)8;1-6-3-2-5-4-6;1-2;;/h9-13H,1-8H3;2-4H,1H3;1H2;1H;/q;;;;+1/p-1. The van der Waals surface area contributed by atoms with E-state index in [-0.39, 0.29) is 0 Å². The number of aromatic nitrogens is 2. The predicted molar refractivity (Wildman–Crippen MR) is 114 cm³/mol. The molecule has 1 aromatic rings. The Morgan fingerprint density at radius 1 is 0.920 bits per heavy atom. The van der Waals surface area contributed by atoms with Crippen molar-refractivity contribution in [2.45, 2.75) is 83.4 Å². The second-order valence-corrected chi connectivity index (χ2v) is 18.0. The molecule has 0 aliphatic carbocycles. The van der Waals surface area contributed by atoms with Crippen molar-refractivity contribution >= 4 is 40.9 Å². The number of imidazole rings is 1. The summed E-state index contributed by atoms with van der Waals surface area (Å²) in [5.41, 5.74) is 0. The van der Waals surface area contributed by atoms with E-state index in [0.717, 1.165) is 0 Å². The van der Waals surface area contributed by atoms with Crippen LogP contribution in [0.5, 0.6) is 0 Å². The summed E-state index contributed by atoms with van der Waals surface area (Å²) in [5.74, 6) is 0. The van der Waals surface area contributed by atoms with Crippen LogP contribution in [-0.2, 0) is 7.05 Å². The SMILES string of the molecule is CC(C)N(C(C)C)[CH](N(C(C)C)C(C)C)[Po]([Cl])[CH2]Cl.Cn1ccnc1. The molecule has 0 N–H and O–H groups in total. The minimum absolute atomic E-state index is 0.360. The largest absolute Gasteiger partial charge is 0.341 e. The zero-order chi connectivity index (χ0) is 19.7. The van der Waals surface area contributed by atoms with Crippen molar-refractivity contribution in [2.75, 3.05) is 3.54 Å². The Morgan fingerprint density at radius 2 is 1.32 bits per heavy atom. The van der Waals surface area contributed by atoms with E-state index in [4.69, 9.17) is 20.0 Å². The molecule has 1 aromatic heterocycles. The Kier molecular flexibility index (Phi) is 13.2. The minimum Gasteiger partial charge on any atom is -0.341 e. The van der Waals surface area contributed by atoms with Crippen LogP contribution in [0.3, 0.4) is 0 Å². The van der Waals surface area contributed by atoms with Crippen molar-refractivity contribution in [1.29, 1.82) is 0 Å². The molecule has 149 valence electrons. The van der Waals surface area contributed by atoms with Crippen molar-refractivity contribution in [3.63, 3.8) is 0 Å². The van der Waals surface area contributed by atoms with Gasteiger partial charge in [0, 0.05) is 19.4 Å². The number of alkyl halides is 1. The van der Waals surface area contributed by atoms with Gasteiger partial charge in [-0.25, -0.2) is 4.98 Å². The second-order valence-electron chi connectivity index (χ2n) is 7.30. The number of rotatable bonds is 8. The van der Waals surface area contributed by atoms with Crippen LogP contribution in [-0.4, -0.2) is 71.7 Å². The number of aryl methyl sites for hydroxylation is 1. The first-order valence-corrected chi connectivity index (χ1v) is 17.4. The van der Waals surface area contributed by atoms with Gasteiger partial charge in [-0.1, -0.05) is 0 Å². The van der Waals surface area contributed by atoms with Gasteiger partial charge >= 0.3 is 138 Å². The first-order chi connectivity index (χ1) is 11.5. The fourth-order valence-corrected chi connectivity index (χ4v) is 11.9. The molecule has 0 aliphatic heterocycles. The molecule has 0 bridgehead atoms. The quantitative estimate of drug-likeness (QED) is 0.330. The molecule has 0 fully saturated rings. The summed E-state index contributed by atoms with van der Waals surface area (Å²) in [6, 6.07) is 1.95. The van der Waals surface area contributed by atoms with Crippen LogP contribution >= 0.6 is 20.0 Å². The van der Waals surface area contributed by atoms with Crippen LogP contribution in [0.25, 0.3) is 0 Å². The van der Waals surface area contributed by atoms with Crippen molar-refractivity contribution in [1.82, 2.24) is 19.4 Å². The first kappa shape index (κ1) is 25.6. The zero-order valence-corrected chi connectivity index (χ0v) is 22.0. The fraction of sp³-hybridized carbons (Fsp3) is 0.833. The second kappa shape index (κ2) is 12.9. The van der Waals surface area contributed by atoms with Gasteiger partial charge in [0.15, 0.2) is 0 Å². The van der Waals surface area contributed by atoms with E-state index in [1.807, 2.05) is 17.8 Å². The van der Waals surface area contributed by atoms with Crippen molar-refractivity contribution in [2.24, 2.45) is 7.05 Å². The third-order valence-electron chi connectivity index (χ3n) is 3.86. The Labute approximate surface area is 172 Å². The molecule has 1 rings (SSSR count). The van der Waals surface area contributed by atoms with Crippen LogP contribution in [0.1, 0.15) is 55.4 Å². The molecule has 0 aliphatic rings. The Hall–Kier alpha value is 0.606. The number of hydrogen-bond acceptors (Lipinski definition) is 3. The molecule has 25 heavy (non-hydrogen) atoms. The minimum atomic E-state index is -2.14. The van der Waals surface area contributed by atoms with Gasteiger partial charge in [-0.15, -0.1) is 0 Å². The molecule has 0 saturated carbocycles. The van der Waals surface area contributed by atoms with Gasteiger partial charge in [0.05, 0.1) is 6.33 Å². The fourth-order valence-electron chi connectivity index (χ4n) is 3.01. The van der Waals surface area contributed by atoms with E-state index >= 15 is 0 Å². The molecular weight excluding hydrogens is 552 g/mol. The van der Waals surface area contributed by atoms with Crippen molar-refractivity contribution in [3.05, 3.63) is 18.7 Å². The van der Waals surface area contributed by atoms with Gasteiger partial charge in [0.1, 0.15) is 0 Å². The van der Waals surface area contributed by atoms with E-state index in [1.165, 1.54) is 0 Å². The summed E-state index contributed by atoms with van der Waals surface area (Å²) in [4.78, 5) is 8.90. The van der Waals surface area contributed by atoms with Crippen LogP contribution in [0.2, 0.25) is 0 Å². The molecule has 0 aromatic carbocycles. The maximum atomic E-state index is 6.78. The maximum Gasteiger partial charge on any atom is 0.0943 e. The Balaban J connectivity index is 0.000000796. The number of hydrogen-bond donors (Lipinski definition) is 0. The number of halogens is 2. The topological polar surface area (TPSA) is 24.3 Å². The van der Waals surface area contributed by atoms with Gasteiger partial charge < -0.3 is 4.57 Å². The summed E-state index contributed by atoms with van der Waals surface area (Å²) < 4.78 is 2.91. The van der Waals surface area contributed by atoms with Crippen molar-refractivity contribution in [3.8, 4) is 0 Å². The molecule has 0 amide bonds. The predicted octanol–water partition coefficient (Wildman–Crippen LogP) is 4.52. The summed E-state index contributed by atoms with van der Waals surface area (Å²) in [7, 11) is 8.71. The van der Waals surface area contributed by atoms with E-state index in [9.17, 15) is 0 Å². The smallest absolute Gasteiger partial charge is 0.0943 e. The van der Waals surface area contributed by atoms with Crippen molar-refractivity contribution < 1.29 is 0 Å². The molecule has 4 nitrogen and oxygen atoms in total. The average Bonchev–Trinajstić information content (AvgIpc) is 2.95. The summed E-state index contributed by atoms with van der Waals surface area (Å²) in [6.45, 7) is 18.1. The van der Waals surface area contributed by atoms with E-state index in [2.05, 4.69) is 70.2 Å². The Bertz CT molecular complexity index is 402. The van der Waals surface area contributed by atoms with Gasteiger partial charge in [0.2, 0.25) is 0 Å². The molecule has 0 unspecified atom stereocenters. The Morgan fingerprint density at radius 3 is 1.48 bits per heavy atom. The van der Waals surface area contributed by atoms with Gasteiger partial charge in [-0.2, -0.15) is 0 Å². The van der Waals surface area contributed by atoms with Gasteiger partial charge in [-0.3, -0.25) is 0 Å². The van der Waals surface area contributed by atoms with E-state index in [0.29, 0.717) is 31.5 Å². The number of nitrogens with zero attached hydrogens (tertiary/aromatic N) is 4. The van der Waals surface area contributed by atoms with Gasteiger partial charge in [0.25, 0.3) is 0 Å². The summed E-state index contributed by atoms with van der Waals surface area (Å²) in [6.07, 6.45) is 5.39. The molecular formula is C18H37Cl2N4Po. The van der Waals surface area contributed by atoms with Crippen LogP contribution in [0, 0.1) is 0 Å². The van der Waals surface area contributed by atoms with E-state index in [1.54, 1.807) is 12.5 Å². The monoisotopic (exact) mass is 588 g/mol. The normalized spacial score (nSPS) is 12.4. The summed E-state index contributed by atoms with van der Waals surface area (Å²) in [5, 5.41) is 0. The third kappa shape index (κ3) is 8.89. The molecule has 1 radical (unpaired) electrons. The molecule has 0 spiro atoms. The maximum absolute atomic E-state index is 6.78. The van der Waals surface area contributed by atoms with Crippen LogP contribution < -0.4 is 0 Å². The molecule has 1 heterocycles. The van der Waals surface area contributed by atoms with Crippen LogP contribution in [0.4, 0.5) is 0 Å². The van der Waals surface area contributed by atoms with Gasteiger partial charge in [-0.05, 0) is 0 Å². The molecule has 0 saturated heterocycles.